The van der Waals surface area contributed by atoms with Gasteiger partial charge in [0.25, 0.3) is 0 Å². The van der Waals surface area contributed by atoms with Crippen LogP contribution in [0.4, 0.5) is 0 Å². The fourth-order valence-corrected chi connectivity index (χ4v) is 3.58. The summed E-state index contributed by atoms with van der Waals surface area (Å²) < 4.78 is 0. The van der Waals surface area contributed by atoms with E-state index in [1.54, 1.807) is 0 Å². The van der Waals surface area contributed by atoms with Crippen LogP contribution in [0.5, 0.6) is 0 Å². The molecular weight excluding hydrogens is 272 g/mol. The molecule has 0 aromatic heterocycles. The number of carbonyl (C=O) groups is 2. The normalized spacial score (nSPS) is 33.4. The molecule has 1 aliphatic heterocycles. The Labute approximate surface area is 125 Å². The molecule has 21 heavy (non-hydrogen) atoms. The zero-order valence-corrected chi connectivity index (χ0v) is 12.9. The van der Waals surface area contributed by atoms with Gasteiger partial charge in [0.1, 0.15) is 0 Å². The van der Waals surface area contributed by atoms with Crippen molar-refractivity contribution in [2.75, 3.05) is 27.2 Å². The molecule has 1 saturated heterocycles. The Kier molecular flexibility index (Phi) is 5.22. The number of likely N-dealkylation sites (N-methyl/N-ethyl adjacent to an activating group) is 1. The van der Waals surface area contributed by atoms with E-state index in [0.29, 0.717) is 38.6 Å². The molecule has 2 fully saturated rings. The van der Waals surface area contributed by atoms with E-state index in [4.69, 9.17) is 5.11 Å². The van der Waals surface area contributed by atoms with Crippen LogP contribution in [0.1, 0.15) is 32.1 Å². The van der Waals surface area contributed by atoms with Crippen molar-refractivity contribution in [2.24, 2.45) is 11.8 Å². The van der Waals surface area contributed by atoms with Gasteiger partial charge in [-0.2, -0.15) is 0 Å². The smallest absolute Gasteiger partial charge is 0.306 e. The topological polar surface area (TPSA) is 81.1 Å². The molecule has 1 aliphatic carbocycles. The number of amides is 1. The second-order valence-corrected chi connectivity index (χ2v) is 6.68. The molecule has 6 nitrogen and oxygen atoms in total. The molecule has 1 amide bonds. The molecule has 1 heterocycles. The lowest BCUT2D eigenvalue weighted by molar-refractivity contribution is -0.146. The number of aliphatic carboxylic acids is 1. The summed E-state index contributed by atoms with van der Waals surface area (Å²) in [7, 11) is 3.93. The fourth-order valence-electron chi connectivity index (χ4n) is 3.58. The minimum atomic E-state index is -0.747. The summed E-state index contributed by atoms with van der Waals surface area (Å²) in [6, 6.07) is 0.0692. The van der Waals surface area contributed by atoms with Crippen LogP contribution < -0.4 is 0 Å². The van der Waals surface area contributed by atoms with E-state index in [0.717, 1.165) is 6.54 Å². The van der Waals surface area contributed by atoms with Gasteiger partial charge in [-0.3, -0.25) is 9.59 Å². The molecule has 6 heteroatoms. The van der Waals surface area contributed by atoms with Gasteiger partial charge in [0.15, 0.2) is 0 Å². The number of hydrogen-bond donors (Lipinski definition) is 2. The summed E-state index contributed by atoms with van der Waals surface area (Å²) in [6.45, 7) is 1.17. The number of β-amino-alcohol motifs (C(OH)–C–C–N with tert-alkyl or cyclic N) is 1. The molecule has 0 radical (unpaired) electrons. The van der Waals surface area contributed by atoms with Gasteiger partial charge in [-0.15, -0.1) is 0 Å². The van der Waals surface area contributed by atoms with E-state index in [-0.39, 0.29) is 23.8 Å². The molecule has 120 valence electrons. The number of carbonyl (C=O) groups excluding carboxylic acids is 1. The summed E-state index contributed by atoms with van der Waals surface area (Å²) >= 11 is 0. The average molecular weight is 298 g/mol. The highest BCUT2D eigenvalue weighted by atomic mass is 16.4. The maximum absolute atomic E-state index is 12.7. The minimum Gasteiger partial charge on any atom is -0.481 e. The number of nitrogens with zero attached hydrogens (tertiary/aromatic N) is 2. The Hall–Kier alpha value is -1.14. The van der Waals surface area contributed by atoms with Crippen molar-refractivity contribution >= 4 is 11.9 Å². The van der Waals surface area contributed by atoms with Crippen molar-refractivity contribution in [3.05, 3.63) is 0 Å². The molecule has 0 spiro atoms. The third-order valence-electron chi connectivity index (χ3n) is 4.68. The predicted molar refractivity (Wildman–Crippen MR) is 77.8 cm³/mol. The second kappa shape index (κ2) is 6.75. The van der Waals surface area contributed by atoms with Gasteiger partial charge >= 0.3 is 5.97 Å². The zero-order chi connectivity index (χ0) is 15.6. The third-order valence-corrected chi connectivity index (χ3v) is 4.68. The van der Waals surface area contributed by atoms with Crippen molar-refractivity contribution in [2.45, 2.75) is 44.2 Å². The number of likely N-dealkylation sites (tertiary alicyclic amines) is 1. The monoisotopic (exact) mass is 298 g/mol. The van der Waals surface area contributed by atoms with Crippen molar-refractivity contribution in [1.29, 1.82) is 0 Å². The number of carboxylic acids is 1. The number of aliphatic hydroxyl groups excluding tert-OH is 1. The van der Waals surface area contributed by atoms with Crippen molar-refractivity contribution in [3.8, 4) is 0 Å². The number of aliphatic hydroxyl groups is 1. The molecule has 1 saturated carbocycles. The highest BCUT2D eigenvalue weighted by molar-refractivity contribution is 5.80. The maximum atomic E-state index is 12.7. The molecule has 2 unspecified atom stereocenters. The Bertz CT molecular complexity index is 391. The SMILES string of the molecule is CN(C)CC1CC(O)CN1C(=O)C1CCC(C(=O)O)CC1. The van der Waals surface area contributed by atoms with Gasteiger partial charge in [-0.25, -0.2) is 0 Å². The van der Waals surface area contributed by atoms with Crippen LogP contribution in [0.15, 0.2) is 0 Å². The molecule has 0 bridgehead atoms. The van der Waals surface area contributed by atoms with E-state index in [1.165, 1.54) is 0 Å². The standard InChI is InChI=1S/C15H26N2O4/c1-16(2)8-12-7-13(18)9-17(12)14(19)10-3-5-11(6-4-10)15(20)21/h10-13,18H,3-9H2,1-2H3,(H,20,21). The molecule has 2 atom stereocenters. The Balaban J connectivity index is 1.94. The summed E-state index contributed by atoms with van der Waals surface area (Å²) in [5, 5.41) is 18.9. The van der Waals surface area contributed by atoms with E-state index < -0.39 is 12.1 Å². The first-order valence-corrected chi connectivity index (χ1v) is 7.74. The molecule has 2 N–H and O–H groups in total. The lowest BCUT2D eigenvalue weighted by atomic mass is 9.81. The van der Waals surface area contributed by atoms with Gasteiger partial charge in [-0.05, 0) is 46.2 Å². The van der Waals surface area contributed by atoms with Crippen LogP contribution >= 0.6 is 0 Å². The first kappa shape index (κ1) is 16.2. The van der Waals surface area contributed by atoms with Crippen LogP contribution in [0.3, 0.4) is 0 Å². The highest BCUT2D eigenvalue weighted by Gasteiger charge is 2.39. The Morgan fingerprint density at radius 3 is 2.24 bits per heavy atom. The van der Waals surface area contributed by atoms with Gasteiger partial charge in [-0.1, -0.05) is 0 Å². The summed E-state index contributed by atoms with van der Waals surface area (Å²) in [5.74, 6) is -1.02. The van der Waals surface area contributed by atoms with Crippen LogP contribution in [-0.2, 0) is 9.59 Å². The fraction of sp³-hybridized carbons (Fsp3) is 0.867. The average Bonchev–Trinajstić information content (AvgIpc) is 2.78. The van der Waals surface area contributed by atoms with Crippen molar-refractivity contribution in [1.82, 2.24) is 9.80 Å². The van der Waals surface area contributed by atoms with Crippen molar-refractivity contribution < 1.29 is 19.8 Å². The molecule has 0 aromatic carbocycles. The second-order valence-electron chi connectivity index (χ2n) is 6.68. The van der Waals surface area contributed by atoms with E-state index in [1.807, 2.05) is 23.9 Å². The van der Waals surface area contributed by atoms with Gasteiger partial charge < -0.3 is 20.0 Å². The molecule has 2 rings (SSSR count). The molecule has 0 aromatic rings. The maximum Gasteiger partial charge on any atom is 0.306 e. The van der Waals surface area contributed by atoms with E-state index in [2.05, 4.69) is 0 Å². The van der Waals surface area contributed by atoms with Crippen LogP contribution in [0.25, 0.3) is 0 Å². The van der Waals surface area contributed by atoms with Crippen LogP contribution in [0.2, 0.25) is 0 Å². The first-order chi connectivity index (χ1) is 9.88. The zero-order valence-electron chi connectivity index (χ0n) is 12.9. The van der Waals surface area contributed by atoms with Crippen molar-refractivity contribution in [3.63, 3.8) is 0 Å². The van der Waals surface area contributed by atoms with Crippen LogP contribution in [-0.4, -0.2) is 71.2 Å². The Morgan fingerprint density at radius 2 is 1.71 bits per heavy atom. The highest BCUT2D eigenvalue weighted by Crippen LogP contribution is 2.32. The minimum absolute atomic E-state index is 0.0692. The number of hydrogen-bond acceptors (Lipinski definition) is 4. The number of rotatable bonds is 4. The largest absolute Gasteiger partial charge is 0.481 e. The quantitative estimate of drug-likeness (QED) is 0.785. The first-order valence-electron chi connectivity index (χ1n) is 7.74. The lowest BCUT2D eigenvalue weighted by Crippen LogP contribution is -2.45. The summed E-state index contributed by atoms with van der Waals surface area (Å²) in [6.07, 6.45) is 2.66. The Morgan fingerprint density at radius 1 is 1.14 bits per heavy atom. The van der Waals surface area contributed by atoms with Gasteiger partial charge in [0.2, 0.25) is 5.91 Å². The van der Waals surface area contributed by atoms with E-state index in [9.17, 15) is 14.7 Å². The molecular formula is C15H26N2O4. The third kappa shape index (κ3) is 3.95. The van der Waals surface area contributed by atoms with E-state index >= 15 is 0 Å². The molecule has 2 aliphatic rings. The summed E-state index contributed by atoms with van der Waals surface area (Å²) in [5.41, 5.74) is 0. The lowest BCUT2D eigenvalue weighted by Gasteiger charge is -2.32. The van der Waals surface area contributed by atoms with Gasteiger partial charge in [0, 0.05) is 25.0 Å². The predicted octanol–water partition coefficient (Wildman–Crippen LogP) is 0.401. The summed E-state index contributed by atoms with van der Waals surface area (Å²) in [4.78, 5) is 27.5. The van der Waals surface area contributed by atoms with Gasteiger partial charge in [0.05, 0.1) is 12.0 Å². The van der Waals surface area contributed by atoms with Crippen LogP contribution in [0, 0.1) is 11.8 Å². The number of carboxylic acid groups (broad SMARTS) is 1.